The van der Waals surface area contributed by atoms with Gasteiger partial charge in [0.15, 0.2) is 0 Å². The number of fused-ring (bicyclic) bond motifs is 6. The number of benzene rings is 10. The maximum Gasteiger partial charge on any atom is 0.0541 e. The standard InChI is InChI=1S/C65H50N2/c1-5-13-46(14-6-1)38-52-25-33-62-58(42-52)59-43-53(39-47-15-7-2-8-16-47)26-34-63(59)66(62)56-29-21-50(22-30-56)37-51-23-31-57(32-24-51)67-64-35-27-54(40-48-17-9-3-10-18-48)44-60(64)61-45-55(28-36-65(61)67)41-49-19-11-4-12-20-49/h1-36,42-45H,37-41H2. The van der Waals surface area contributed by atoms with Crippen LogP contribution in [-0.4, -0.2) is 9.13 Å². The number of hydrogen-bond acceptors (Lipinski definition) is 0. The summed E-state index contributed by atoms with van der Waals surface area (Å²) in [6.07, 6.45) is 4.50. The first kappa shape index (κ1) is 40.3. The van der Waals surface area contributed by atoms with Gasteiger partial charge in [0.05, 0.1) is 22.1 Å². The van der Waals surface area contributed by atoms with Gasteiger partial charge in [-0.3, -0.25) is 0 Å². The predicted molar refractivity (Wildman–Crippen MR) is 281 cm³/mol. The molecule has 0 aliphatic heterocycles. The molecular formula is C65H50N2. The first-order valence-electron chi connectivity index (χ1n) is 23.6. The predicted octanol–water partition coefficient (Wildman–Crippen LogP) is 15.8. The molecule has 0 bridgehead atoms. The van der Waals surface area contributed by atoms with Crippen LogP contribution in [-0.2, 0) is 32.1 Å². The highest BCUT2D eigenvalue weighted by atomic mass is 15.0. The monoisotopic (exact) mass is 858 g/mol. The zero-order valence-corrected chi connectivity index (χ0v) is 37.5. The Morgan fingerprint density at radius 3 is 0.657 bits per heavy atom. The van der Waals surface area contributed by atoms with E-state index in [2.05, 4.69) is 252 Å². The largest absolute Gasteiger partial charge is 0.309 e. The van der Waals surface area contributed by atoms with Gasteiger partial charge in [-0.25, -0.2) is 0 Å². The highest BCUT2D eigenvalue weighted by molar-refractivity contribution is 6.11. The minimum Gasteiger partial charge on any atom is -0.309 e. The normalized spacial score (nSPS) is 11.6. The molecule has 12 rings (SSSR count). The van der Waals surface area contributed by atoms with E-state index in [4.69, 9.17) is 0 Å². The first-order chi connectivity index (χ1) is 33.1. The van der Waals surface area contributed by atoms with Gasteiger partial charge in [0.2, 0.25) is 0 Å². The molecule has 320 valence electrons. The molecule has 2 heterocycles. The van der Waals surface area contributed by atoms with E-state index in [9.17, 15) is 0 Å². The number of aromatic nitrogens is 2. The minimum absolute atomic E-state index is 0.859. The summed E-state index contributed by atoms with van der Waals surface area (Å²) >= 11 is 0. The molecule has 2 heteroatoms. The smallest absolute Gasteiger partial charge is 0.0541 e. The quantitative estimate of drug-likeness (QED) is 0.116. The highest BCUT2D eigenvalue weighted by Crippen LogP contribution is 2.37. The second kappa shape index (κ2) is 17.6. The van der Waals surface area contributed by atoms with E-state index in [1.165, 1.54) is 111 Å². The molecule has 0 amide bonds. The summed E-state index contributed by atoms with van der Waals surface area (Å²) in [6.45, 7) is 0. The lowest BCUT2D eigenvalue weighted by molar-refractivity contribution is 1.13. The van der Waals surface area contributed by atoms with Gasteiger partial charge >= 0.3 is 0 Å². The van der Waals surface area contributed by atoms with Gasteiger partial charge in [-0.05, 0) is 161 Å². The van der Waals surface area contributed by atoms with Crippen molar-refractivity contribution < 1.29 is 0 Å². The molecule has 0 radical (unpaired) electrons. The highest BCUT2D eigenvalue weighted by Gasteiger charge is 2.17. The van der Waals surface area contributed by atoms with Gasteiger partial charge in [-0.2, -0.15) is 0 Å². The molecule has 10 aromatic carbocycles. The van der Waals surface area contributed by atoms with Crippen LogP contribution in [0.2, 0.25) is 0 Å². The first-order valence-corrected chi connectivity index (χ1v) is 23.6. The van der Waals surface area contributed by atoms with Crippen LogP contribution >= 0.6 is 0 Å². The third-order valence-electron chi connectivity index (χ3n) is 13.6. The van der Waals surface area contributed by atoms with Crippen LogP contribution in [0.4, 0.5) is 0 Å². The lowest BCUT2D eigenvalue weighted by Crippen LogP contribution is -1.97. The number of nitrogens with zero attached hydrogens (tertiary/aromatic N) is 2. The van der Waals surface area contributed by atoms with Gasteiger partial charge in [-0.1, -0.05) is 170 Å². The Morgan fingerprint density at radius 1 is 0.194 bits per heavy atom. The van der Waals surface area contributed by atoms with Crippen LogP contribution < -0.4 is 0 Å². The van der Waals surface area contributed by atoms with Gasteiger partial charge in [0.1, 0.15) is 0 Å². The lowest BCUT2D eigenvalue weighted by Gasteiger charge is -2.11. The van der Waals surface area contributed by atoms with E-state index < -0.39 is 0 Å². The zero-order chi connectivity index (χ0) is 44.5. The van der Waals surface area contributed by atoms with Crippen molar-refractivity contribution in [3.63, 3.8) is 0 Å². The molecule has 2 nitrogen and oxygen atoms in total. The molecule has 0 atom stereocenters. The Kier molecular flexibility index (Phi) is 10.6. The summed E-state index contributed by atoms with van der Waals surface area (Å²) in [4.78, 5) is 0. The summed E-state index contributed by atoms with van der Waals surface area (Å²) < 4.78 is 4.89. The fourth-order valence-electron chi connectivity index (χ4n) is 10.3. The van der Waals surface area contributed by atoms with Gasteiger partial charge in [0, 0.05) is 32.9 Å². The molecule has 0 fully saturated rings. The fraction of sp³-hybridized carbons (Fsp3) is 0.0769. The van der Waals surface area contributed by atoms with E-state index in [1.54, 1.807) is 0 Å². The number of hydrogen-bond donors (Lipinski definition) is 0. The average Bonchev–Trinajstić information content (AvgIpc) is 3.87. The molecule has 0 unspecified atom stereocenters. The Balaban J connectivity index is 0.850. The van der Waals surface area contributed by atoms with Crippen molar-refractivity contribution in [3.05, 3.63) is 298 Å². The van der Waals surface area contributed by atoms with Crippen LogP contribution in [0.25, 0.3) is 55.0 Å². The molecule has 12 aromatic rings. The molecule has 0 spiro atoms. The van der Waals surface area contributed by atoms with Crippen molar-refractivity contribution in [1.82, 2.24) is 9.13 Å². The van der Waals surface area contributed by atoms with Crippen LogP contribution in [0.1, 0.15) is 55.6 Å². The van der Waals surface area contributed by atoms with E-state index in [0.717, 1.165) is 32.1 Å². The van der Waals surface area contributed by atoms with Crippen molar-refractivity contribution >= 4 is 43.6 Å². The van der Waals surface area contributed by atoms with Crippen molar-refractivity contribution in [2.24, 2.45) is 0 Å². The van der Waals surface area contributed by atoms with Crippen LogP contribution in [0, 0.1) is 0 Å². The van der Waals surface area contributed by atoms with Crippen molar-refractivity contribution in [2.75, 3.05) is 0 Å². The SMILES string of the molecule is c1ccc(Cc2ccc3c(c2)c2cc(Cc4ccccc4)ccc2n3-c2ccc(Cc3ccc(-n4c5ccc(Cc6ccccc6)cc5c5cc(Cc6ccccc6)ccc54)cc3)cc2)cc1. The Bertz CT molecular complexity index is 3210. The van der Waals surface area contributed by atoms with Crippen molar-refractivity contribution in [1.29, 1.82) is 0 Å². The average molecular weight is 859 g/mol. The summed E-state index contributed by atoms with van der Waals surface area (Å²) in [7, 11) is 0. The molecule has 67 heavy (non-hydrogen) atoms. The molecular weight excluding hydrogens is 809 g/mol. The van der Waals surface area contributed by atoms with E-state index >= 15 is 0 Å². The summed E-state index contributed by atoms with van der Waals surface area (Å²) in [6, 6.07) is 89.8. The Hall–Kier alpha value is -8.20. The molecule has 0 aliphatic carbocycles. The van der Waals surface area contributed by atoms with E-state index in [-0.39, 0.29) is 0 Å². The third-order valence-corrected chi connectivity index (χ3v) is 13.6. The van der Waals surface area contributed by atoms with Crippen LogP contribution in [0.5, 0.6) is 0 Å². The molecule has 0 saturated carbocycles. The second-order valence-corrected chi connectivity index (χ2v) is 18.2. The summed E-state index contributed by atoms with van der Waals surface area (Å²) in [5, 5.41) is 5.19. The third kappa shape index (κ3) is 8.24. The summed E-state index contributed by atoms with van der Waals surface area (Å²) in [5.74, 6) is 0. The summed E-state index contributed by atoms with van der Waals surface area (Å²) in [5.41, 5.74) is 20.5. The van der Waals surface area contributed by atoms with E-state index in [0.29, 0.717) is 0 Å². The molecule has 2 aromatic heterocycles. The van der Waals surface area contributed by atoms with Gasteiger partial charge < -0.3 is 9.13 Å². The molecule has 0 N–H and O–H groups in total. The lowest BCUT2D eigenvalue weighted by atomic mass is 10.0. The number of rotatable bonds is 12. The minimum atomic E-state index is 0.859. The zero-order valence-electron chi connectivity index (χ0n) is 37.5. The van der Waals surface area contributed by atoms with E-state index in [1.807, 2.05) is 0 Å². The second-order valence-electron chi connectivity index (χ2n) is 18.2. The molecule has 0 saturated heterocycles. The van der Waals surface area contributed by atoms with Gasteiger partial charge in [0.25, 0.3) is 0 Å². The van der Waals surface area contributed by atoms with Crippen molar-refractivity contribution in [2.45, 2.75) is 32.1 Å². The van der Waals surface area contributed by atoms with Crippen LogP contribution in [0.3, 0.4) is 0 Å². The molecule has 0 aliphatic rings. The Labute approximate surface area is 392 Å². The van der Waals surface area contributed by atoms with Crippen molar-refractivity contribution in [3.8, 4) is 11.4 Å². The Morgan fingerprint density at radius 2 is 0.403 bits per heavy atom. The fourth-order valence-corrected chi connectivity index (χ4v) is 10.3. The topological polar surface area (TPSA) is 9.86 Å². The van der Waals surface area contributed by atoms with Crippen LogP contribution in [0.15, 0.2) is 243 Å². The maximum absolute atomic E-state index is 2.45. The maximum atomic E-state index is 2.45. The van der Waals surface area contributed by atoms with Gasteiger partial charge in [-0.15, -0.1) is 0 Å².